The lowest BCUT2D eigenvalue weighted by Crippen LogP contribution is -2.06. The molecule has 0 bridgehead atoms. The molecule has 0 saturated carbocycles. The van der Waals surface area contributed by atoms with Crippen molar-refractivity contribution in [1.29, 1.82) is 0 Å². The number of hydrogen-bond donors (Lipinski definition) is 2. The number of nitrogens with two attached hydrogens (primary N) is 1. The van der Waals surface area contributed by atoms with Crippen molar-refractivity contribution in [3.8, 4) is 11.5 Å². The van der Waals surface area contributed by atoms with E-state index < -0.39 is 0 Å². The van der Waals surface area contributed by atoms with Gasteiger partial charge >= 0.3 is 6.01 Å². The van der Waals surface area contributed by atoms with Gasteiger partial charge in [-0.05, 0) is 12.1 Å². The highest BCUT2D eigenvalue weighted by Crippen LogP contribution is 2.26. The molecule has 0 unspecified atom stereocenters. The first-order chi connectivity index (χ1) is 6.81. The van der Waals surface area contributed by atoms with Gasteiger partial charge in [-0.2, -0.15) is 0 Å². The van der Waals surface area contributed by atoms with Crippen molar-refractivity contribution in [3.05, 3.63) is 29.3 Å². The van der Waals surface area contributed by atoms with Crippen molar-refractivity contribution >= 4 is 17.6 Å². The average Bonchev–Trinajstić information content (AvgIpc) is 2.67. The lowest BCUT2D eigenvalue weighted by atomic mass is 10.2. The van der Waals surface area contributed by atoms with Crippen LogP contribution in [-0.2, 0) is 0 Å². The van der Waals surface area contributed by atoms with Crippen LogP contribution in [0.1, 0.15) is 0 Å². The summed E-state index contributed by atoms with van der Waals surface area (Å²) in [6.45, 7) is 0. The van der Waals surface area contributed by atoms with Gasteiger partial charge in [0.15, 0.2) is 0 Å². The molecular weight excluding hydrogens is 204 g/mol. The molecule has 0 fully saturated rings. The third-order valence-corrected chi connectivity index (χ3v) is 1.98. The van der Waals surface area contributed by atoms with Gasteiger partial charge < -0.3 is 4.42 Å². The van der Waals surface area contributed by atoms with Crippen molar-refractivity contribution in [2.45, 2.75) is 0 Å². The molecule has 72 valence electrons. The fourth-order valence-corrected chi connectivity index (χ4v) is 1.24. The normalized spacial score (nSPS) is 10.1. The minimum Gasteiger partial charge on any atom is -0.402 e. The second kappa shape index (κ2) is 3.65. The monoisotopic (exact) mass is 210 g/mol. The number of benzene rings is 1. The highest BCUT2D eigenvalue weighted by molar-refractivity contribution is 6.33. The van der Waals surface area contributed by atoms with Gasteiger partial charge in [0.05, 0.1) is 10.6 Å². The standard InChI is InChI=1S/C8H7ClN4O/c9-6-4-2-1-3-5(6)7-12-13-8(11-10)14-7/h1-4H,10H2,(H,11,13). The van der Waals surface area contributed by atoms with Gasteiger partial charge in [-0.15, -0.1) is 5.10 Å². The van der Waals surface area contributed by atoms with Crippen molar-refractivity contribution < 1.29 is 4.42 Å². The molecule has 2 rings (SSSR count). The predicted molar refractivity (Wildman–Crippen MR) is 52.6 cm³/mol. The Morgan fingerprint density at radius 2 is 2.07 bits per heavy atom. The van der Waals surface area contributed by atoms with Crippen LogP contribution in [0.3, 0.4) is 0 Å². The zero-order valence-corrected chi connectivity index (χ0v) is 7.82. The minimum absolute atomic E-state index is 0.153. The van der Waals surface area contributed by atoms with Crippen LogP contribution in [0.2, 0.25) is 5.02 Å². The first-order valence-corrected chi connectivity index (χ1v) is 4.24. The van der Waals surface area contributed by atoms with Gasteiger partial charge in [0.2, 0.25) is 0 Å². The van der Waals surface area contributed by atoms with E-state index in [1.165, 1.54) is 0 Å². The zero-order valence-electron chi connectivity index (χ0n) is 7.07. The Bertz CT molecular complexity index is 442. The van der Waals surface area contributed by atoms with Crippen LogP contribution >= 0.6 is 11.6 Å². The topological polar surface area (TPSA) is 77.0 Å². The van der Waals surface area contributed by atoms with Crippen LogP contribution in [0.4, 0.5) is 6.01 Å². The molecule has 1 aromatic heterocycles. The van der Waals surface area contributed by atoms with Gasteiger partial charge in [0, 0.05) is 0 Å². The second-order valence-corrected chi connectivity index (χ2v) is 2.94. The number of rotatable bonds is 2. The molecule has 1 aromatic carbocycles. The smallest absolute Gasteiger partial charge is 0.330 e. The SMILES string of the molecule is NNc1nnc(-c2ccccc2Cl)o1. The summed E-state index contributed by atoms with van der Waals surface area (Å²) in [4.78, 5) is 0. The summed E-state index contributed by atoms with van der Waals surface area (Å²) in [6, 6.07) is 7.35. The zero-order chi connectivity index (χ0) is 9.97. The van der Waals surface area contributed by atoms with E-state index in [2.05, 4.69) is 15.6 Å². The first kappa shape index (κ1) is 8.98. The van der Waals surface area contributed by atoms with Crippen LogP contribution in [0.25, 0.3) is 11.5 Å². The summed E-state index contributed by atoms with van der Waals surface area (Å²) in [5, 5.41) is 7.97. The molecule has 2 aromatic rings. The largest absolute Gasteiger partial charge is 0.402 e. The summed E-state index contributed by atoms with van der Waals surface area (Å²) in [6.07, 6.45) is 0. The van der Waals surface area contributed by atoms with Crippen molar-refractivity contribution in [2.24, 2.45) is 5.84 Å². The Hall–Kier alpha value is -1.59. The van der Waals surface area contributed by atoms with Gasteiger partial charge in [0.25, 0.3) is 5.89 Å². The molecule has 0 saturated heterocycles. The molecule has 14 heavy (non-hydrogen) atoms. The van der Waals surface area contributed by atoms with E-state index in [-0.39, 0.29) is 6.01 Å². The van der Waals surface area contributed by atoms with Gasteiger partial charge in [-0.1, -0.05) is 28.8 Å². The Morgan fingerprint density at radius 1 is 1.29 bits per heavy atom. The molecule has 0 amide bonds. The third-order valence-electron chi connectivity index (χ3n) is 1.65. The lowest BCUT2D eigenvalue weighted by molar-refractivity contribution is 0.582. The van der Waals surface area contributed by atoms with Crippen LogP contribution < -0.4 is 11.3 Å². The molecule has 3 N–H and O–H groups in total. The Labute approximate surface area is 84.9 Å². The number of nitrogens with zero attached hydrogens (tertiary/aromatic N) is 2. The molecule has 0 radical (unpaired) electrons. The molecule has 0 aliphatic heterocycles. The summed E-state index contributed by atoms with van der Waals surface area (Å²) in [5.74, 6) is 5.44. The highest BCUT2D eigenvalue weighted by atomic mass is 35.5. The van der Waals surface area contributed by atoms with E-state index in [1.54, 1.807) is 12.1 Å². The fraction of sp³-hybridized carbons (Fsp3) is 0. The number of anilines is 1. The summed E-state index contributed by atoms with van der Waals surface area (Å²) < 4.78 is 5.16. The van der Waals surface area contributed by atoms with E-state index in [0.717, 1.165) is 0 Å². The molecule has 0 atom stereocenters. The second-order valence-electron chi connectivity index (χ2n) is 2.54. The van der Waals surface area contributed by atoms with Gasteiger partial charge in [-0.3, -0.25) is 5.43 Å². The van der Waals surface area contributed by atoms with Crippen LogP contribution in [0.15, 0.2) is 28.7 Å². The minimum atomic E-state index is 0.153. The van der Waals surface area contributed by atoms with Gasteiger partial charge in [-0.25, -0.2) is 5.84 Å². The summed E-state index contributed by atoms with van der Waals surface area (Å²) >= 11 is 5.93. The van der Waals surface area contributed by atoms with Crippen molar-refractivity contribution in [3.63, 3.8) is 0 Å². The summed E-state index contributed by atoms with van der Waals surface area (Å²) in [7, 11) is 0. The molecule has 1 heterocycles. The summed E-state index contributed by atoms with van der Waals surface area (Å²) in [5.41, 5.74) is 2.94. The molecular formula is C8H7ClN4O. The fourth-order valence-electron chi connectivity index (χ4n) is 1.03. The number of hydrogen-bond acceptors (Lipinski definition) is 5. The molecule has 0 spiro atoms. The van der Waals surface area contributed by atoms with Crippen molar-refractivity contribution in [1.82, 2.24) is 10.2 Å². The van der Waals surface area contributed by atoms with E-state index in [4.69, 9.17) is 21.9 Å². The van der Waals surface area contributed by atoms with Crippen LogP contribution in [0.5, 0.6) is 0 Å². The van der Waals surface area contributed by atoms with Crippen LogP contribution in [-0.4, -0.2) is 10.2 Å². The molecule has 0 aliphatic carbocycles. The number of nitrogen functional groups attached to an aromatic ring is 1. The van der Waals surface area contributed by atoms with E-state index in [9.17, 15) is 0 Å². The Balaban J connectivity index is 2.44. The van der Waals surface area contributed by atoms with E-state index in [1.807, 2.05) is 12.1 Å². The van der Waals surface area contributed by atoms with Crippen molar-refractivity contribution in [2.75, 3.05) is 5.43 Å². The molecule has 5 nitrogen and oxygen atoms in total. The number of nitrogens with one attached hydrogen (secondary N) is 1. The van der Waals surface area contributed by atoms with Crippen LogP contribution in [0, 0.1) is 0 Å². The van der Waals surface area contributed by atoms with Gasteiger partial charge in [0.1, 0.15) is 0 Å². The Kier molecular flexibility index (Phi) is 2.34. The van der Waals surface area contributed by atoms with E-state index in [0.29, 0.717) is 16.5 Å². The average molecular weight is 211 g/mol. The number of aromatic nitrogens is 2. The first-order valence-electron chi connectivity index (χ1n) is 3.86. The predicted octanol–water partition coefficient (Wildman–Crippen LogP) is 1.68. The molecule has 6 heteroatoms. The highest BCUT2D eigenvalue weighted by Gasteiger charge is 2.09. The van der Waals surface area contributed by atoms with E-state index >= 15 is 0 Å². The number of halogens is 1. The third kappa shape index (κ3) is 1.55. The maximum Gasteiger partial charge on any atom is 0.330 e. The molecule has 0 aliphatic rings. The lowest BCUT2D eigenvalue weighted by Gasteiger charge is -1.96. The quantitative estimate of drug-likeness (QED) is 0.583. The number of hydrazine groups is 1. The maximum atomic E-state index is 5.93. The Morgan fingerprint density at radius 3 is 2.71 bits per heavy atom. The maximum absolute atomic E-state index is 5.93.